The first-order chi connectivity index (χ1) is 11.1. The van der Waals surface area contributed by atoms with Gasteiger partial charge in [0.2, 0.25) is 0 Å². The van der Waals surface area contributed by atoms with E-state index in [0.717, 1.165) is 35.6 Å². The van der Waals surface area contributed by atoms with E-state index >= 15 is 0 Å². The number of benzene rings is 1. The lowest BCUT2D eigenvalue weighted by Gasteiger charge is -2.22. The number of rotatable bonds is 9. The van der Waals surface area contributed by atoms with Crippen LogP contribution in [0.5, 0.6) is 0 Å². The zero-order chi connectivity index (χ0) is 16.8. The lowest BCUT2D eigenvalue weighted by molar-refractivity contribution is -0.0462. The van der Waals surface area contributed by atoms with Crippen LogP contribution in [-0.2, 0) is 13.5 Å². The number of hydrogen-bond donors (Lipinski definition) is 2. The molecule has 0 aliphatic heterocycles. The number of anilines is 1. The minimum Gasteiger partial charge on any atom is -0.369 e. The summed E-state index contributed by atoms with van der Waals surface area (Å²) in [5, 5.41) is 17.9. The first-order valence-corrected chi connectivity index (χ1v) is 8.82. The number of imidazole rings is 1. The number of nitrogens with zero attached hydrogens (tertiary/aromatic N) is 3. The van der Waals surface area contributed by atoms with Crippen LogP contribution < -0.4 is 4.90 Å². The predicted molar refractivity (Wildman–Crippen MR) is 95.5 cm³/mol. The van der Waals surface area contributed by atoms with Crippen molar-refractivity contribution in [2.75, 3.05) is 29.7 Å². The summed E-state index contributed by atoms with van der Waals surface area (Å²) in [5.74, 6) is 2.04. The van der Waals surface area contributed by atoms with Crippen molar-refractivity contribution in [2.24, 2.45) is 7.05 Å². The summed E-state index contributed by atoms with van der Waals surface area (Å²) in [6.45, 7) is 1.49. The van der Waals surface area contributed by atoms with Gasteiger partial charge in [-0.1, -0.05) is 0 Å². The first kappa shape index (κ1) is 18.3. The molecule has 0 aliphatic rings. The van der Waals surface area contributed by atoms with Crippen LogP contribution >= 0.6 is 23.2 Å². The zero-order valence-corrected chi connectivity index (χ0v) is 14.8. The lowest BCUT2D eigenvalue weighted by atomic mass is 10.2. The number of alkyl halides is 2. The van der Waals surface area contributed by atoms with E-state index in [1.165, 1.54) is 0 Å². The number of halogens is 2. The second-order valence-corrected chi connectivity index (χ2v) is 6.25. The van der Waals surface area contributed by atoms with Crippen LogP contribution in [0.15, 0.2) is 18.2 Å². The van der Waals surface area contributed by atoms with Gasteiger partial charge in [0.05, 0.1) is 11.0 Å². The predicted octanol–water partition coefficient (Wildman–Crippen LogP) is 2.49. The fraction of sp³-hybridized carbons (Fsp3) is 0.562. The first-order valence-electron chi connectivity index (χ1n) is 7.75. The fourth-order valence-electron chi connectivity index (χ4n) is 2.68. The topological polar surface area (TPSA) is 61.5 Å². The summed E-state index contributed by atoms with van der Waals surface area (Å²) in [6, 6.07) is 6.17. The molecule has 23 heavy (non-hydrogen) atoms. The van der Waals surface area contributed by atoms with Gasteiger partial charge < -0.3 is 19.7 Å². The van der Waals surface area contributed by atoms with E-state index in [1.807, 2.05) is 7.05 Å². The second-order valence-electron chi connectivity index (χ2n) is 5.50. The maximum atomic E-state index is 8.94. The molecule has 1 aromatic carbocycles. The van der Waals surface area contributed by atoms with Crippen LogP contribution in [-0.4, -0.2) is 50.9 Å². The van der Waals surface area contributed by atoms with E-state index in [9.17, 15) is 0 Å². The zero-order valence-electron chi connectivity index (χ0n) is 13.3. The Morgan fingerprint density at radius 1 is 1.22 bits per heavy atom. The maximum absolute atomic E-state index is 8.94. The number of aryl methyl sites for hydroxylation is 2. The van der Waals surface area contributed by atoms with Crippen molar-refractivity contribution in [1.29, 1.82) is 0 Å². The SMILES string of the molecule is Cn1c(CCCC(O)O)nc2cc(N(CCCl)CCCl)ccc21. The molecule has 0 radical (unpaired) electrons. The Labute approximate surface area is 146 Å². The van der Waals surface area contributed by atoms with Gasteiger partial charge in [-0.25, -0.2) is 4.98 Å². The van der Waals surface area contributed by atoms with Gasteiger partial charge in [0.25, 0.3) is 0 Å². The van der Waals surface area contributed by atoms with Crippen molar-refractivity contribution >= 4 is 39.9 Å². The van der Waals surface area contributed by atoms with Gasteiger partial charge in [-0.3, -0.25) is 0 Å². The molecule has 128 valence electrons. The van der Waals surface area contributed by atoms with E-state index in [-0.39, 0.29) is 0 Å². The van der Waals surface area contributed by atoms with Crippen LogP contribution in [0.25, 0.3) is 11.0 Å². The molecule has 0 spiro atoms. The van der Waals surface area contributed by atoms with Crippen molar-refractivity contribution in [2.45, 2.75) is 25.6 Å². The van der Waals surface area contributed by atoms with Crippen LogP contribution in [0.3, 0.4) is 0 Å². The summed E-state index contributed by atoms with van der Waals surface area (Å²) in [4.78, 5) is 6.83. The second kappa shape index (κ2) is 8.73. The average Bonchev–Trinajstić information content (AvgIpc) is 2.83. The smallest absolute Gasteiger partial charge is 0.151 e. The largest absolute Gasteiger partial charge is 0.369 e. The van der Waals surface area contributed by atoms with Crippen molar-refractivity contribution in [3.05, 3.63) is 24.0 Å². The lowest BCUT2D eigenvalue weighted by Crippen LogP contribution is -2.27. The number of aliphatic hydroxyl groups excluding tert-OH is 1. The van der Waals surface area contributed by atoms with Crippen molar-refractivity contribution in [3.63, 3.8) is 0 Å². The molecule has 7 heteroatoms. The molecule has 2 N–H and O–H groups in total. The fourth-order valence-corrected chi connectivity index (χ4v) is 3.08. The van der Waals surface area contributed by atoms with E-state index in [1.54, 1.807) is 0 Å². The standard InChI is InChI=1S/C16H23Cl2N3O2/c1-20-14-6-5-12(21(9-7-17)10-8-18)11-13(14)19-15(20)3-2-4-16(22)23/h5-6,11,16,22-23H,2-4,7-10H2,1H3. The van der Waals surface area contributed by atoms with E-state index in [0.29, 0.717) is 31.0 Å². The highest BCUT2D eigenvalue weighted by molar-refractivity contribution is 6.18. The van der Waals surface area contributed by atoms with E-state index in [4.69, 9.17) is 33.4 Å². The molecule has 0 aliphatic carbocycles. The van der Waals surface area contributed by atoms with Crippen molar-refractivity contribution in [3.8, 4) is 0 Å². The monoisotopic (exact) mass is 359 g/mol. The summed E-state index contributed by atoms with van der Waals surface area (Å²) >= 11 is 11.7. The number of fused-ring (bicyclic) bond motifs is 1. The molecule has 2 rings (SSSR count). The molecular weight excluding hydrogens is 337 g/mol. The normalized spacial score (nSPS) is 11.6. The van der Waals surface area contributed by atoms with Crippen LogP contribution in [0, 0.1) is 0 Å². The molecule has 2 aromatic rings. The molecule has 0 unspecified atom stereocenters. The summed E-state index contributed by atoms with van der Waals surface area (Å²) in [7, 11) is 1.98. The highest BCUT2D eigenvalue weighted by Gasteiger charge is 2.11. The maximum Gasteiger partial charge on any atom is 0.151 e. The third kappa shape index (κ3) is 4.73. The Morgan fingerprint density at radius 2 is 1.91 bits per heavy atom. The molecule has 0 amide bonds. The highest BCUT2D eigenvalue weighted by atomic mass is 35.5. The summed E-state index contributed by atoms with van der Waals surface area (Å²) < 4.78 is 2.05. The Morgan fingerprint density at radius 3 is 2.52 bits per heavy atom. The molecule has 0 atom stereocenters. The van der Waals surface area contributed by atoms with Crippen LogP contribution in [0.1, 0.15) is 18.7 Å². The minimum atomic E-state index is -1.25. The number of aromatic nitrogens is 2. The van der Waals surface area contributed by atoms with Gasteiger partial charge in [0.1, 0.15) is 5.82 Å². The van der Waals surface area contributed by atoms with Crippen LogP contribution in [0.2, 0.25) is 0 Å². The molecule has 0 fully saturated rings. The Balaban J connectivity index is 2.22. The molecule has 0 saturated heterocycles. The van der Waals surface area contributed by atoms with E-state index < -0.39 is 6.29 Å². The van der Waals surface area contributed by atoms with Gasteiger partial charge in [0, 0.05) is 44.0 Å². The van der Waals surface area contributed by atoms with Crippen molar-refractivity contribution < 1.29 is 10.2 Å². The quantitative estimate of drug-likeness (QED) is 0.533. The summed E-state index contributed by atoms with van der Waals surface area (Å²) in [5.41, 5.74) is 3.05. The Hall–Kier alpha value is -1.01. The molecule has 1 aromatic heterocycles. The molecule has 0 bridgehead atoms. The minimum absolute atomic E-state index is 0.355. The number of aliphatic hydroxyl groups is 2. The average molecular weight is 360 g/mol. The third-order valence-corrected chi connectivity index (χ3v) is 4.23. The van der Waals surface area contributed by atoms with Gasteiger partial charge in [0.15, 0.2) is 6.29 Å². The Kier molecular flexibility index (Phi) is 6.96. The molecule has 0 saturated carbocycles. The van der Waals surface area contributed by atoms with Crippen molar-refractivity contribution in [1.82, 2.24) is 9.55 Å². The van der Waals surface area contributed by atoms with Crippen LogP contribution in [0.4, 0.5) is 5.69 Å². The van der Waals surface area contributed by atoms with E-state index in [2.05, 4.69) is 32.7 Å². The Bertz CT molecular complexity index is 625. The van der Waals surface area contributed by atoms with Gasteiger partial charge in [-0.05, 0) is 31.0 Å². The molecule has 1 heterocycles. The highest BCUT2D eigenvalue weighted by Crippen LogP contribution is 2.23. The molecular formula is C16H23Cl2N3O2. The van der Waals surface area contributed by atoms with Gasteiger partial charge in [-0.15, -0.1) is 23.2 Å². The molecule has 5 nitrogen and oxygen atoms in total. The summed E-state index contributed by atoms with van der Waals surface area (Å²) in [6.07, 6.45) is 0.501. The number of hydrogen-bond acceptors (Lipinski definition) is 4. The van der Waals surface area contributed by atoms with Gasteiger partial charge in [-0.2, -0.15) is 0 Å². The van der Waals surface area contributed by atoms with Gasteiger partial charge >= 0.3 is 0 Å². The third-order valence-electron chi connectivity index (χ3n) is 3.89.